The van der Waals surface area contributed by atoms with E-state index in [4.69, 9.17) is 4.74 Å². The van der Waals surface area contributed by atoms with Crippen molar-refractivity contribution in [2.75, 3.05) is 13.2 Å². The zero-order valence-electron chi connectivity index (χ0n) is 10.4. The monoisotopic (exact) mass is 243 g/mol. The van der Waals surface area contributed by atoms with Crippen molar-refractivity contribution in [3.8, 4) is 6.07 Å². The Kier molecular flexibility index (Phi) is 2.65. The predicted octanol–water partition coefficient (Wildman–Crippen LogP) is 1.84. The minimum Gasteiger partial charge on any atom is -0.386 e. The first-order valence-electron chi connectivity index (χ1n) is 6.47. The van der Waals surface area contributed by atoms with E-state index in [9.17, 15) is 10.4 Å². The van der Waals surface area contributed by atoms with Crippen LogP contribution in [0.25, 0.3) is 0 Å². The van der Waals surface area contributed by atoms with Gasteiger partial charge in [-0.15, -0.1) is 0 Å². The second-order valence-corrected chi connectivity index (χ2v) is 5.50. The van der Waals surface area contributed by atoms with Crippen molar-refractivity contribution in [2.24, 2.45) is 5.41 Å². The third kappa shape index (κ3) is 1.57. The van der Waals surface area contributed by atoms with Crippen molar-refractivity contribution < 1.29 is 9.84 Å². The summed E-state index contributed by atoms with van der Waals surface area (Å²) < 4.78 is 5.42. The SMILES string of the molecule is N#CC1(C2(O)CCCOC2)Cc2ccccc2C1. The molecule has 0 aromatic heterocycles. The summed E-state index contributed by atoms with van der Waals surface area (Å²) in [7, 11) is 0. The Labute approximate surface area is 107 Å². The van der Waals surface area contributed by atoms with Crippen LogP contribution in [0.15, 0.2) is 24.3 Å². The van der Waals surface area contributed by atoms with Gasteiger partial charge in [0.05, 0.1) is 18.1 Å². The van der Waals surface area contributed by atoms with Crippen LogP contribution in [0.2, 0.25) is 0 Å². The van der Waals surface area contributed by atoms with Gasteiger partial charge in [-0.2, -0.15) is 5.26 Å². The van der Waals surface area contributed by atoms with E-state index in [1.807, 2.05) is 12.1 Å². The molecule has 1 aliphatic carbocycles. The van der Waals surface area contributed by atoms with E-state index < -0.39 is 11.0 Å². The van der Waals surface area contributed by atoms with E-state index in [2.05, 4.69) is 18.2 Å². The molecule has 1 unspecified atom stereocenters. The van der Waals surface area contributed by atoms with E-state index in [-0.39, 0.29) is 6.61 Å². The van der Waals surface area contributed by atoms with Crippen molar-refractivity contribution in [3.05, 3.63) is 35.4 Å². The van der Waals surface area contributed by atoms with Crippen LogP contribution in [0.5, 0.6) is 0 Å². The molecule has 3 heteroatoms. The van der Waals surface area contributed by atoms with Gasteiger partial charge < -0.3 is 9.84 Å². The third-order valence-electron chi connectivity index (χ3n) is 4.43. The van der Waals surface area contributed by atoms with Crippen molar-refractivity contribution in [1.29, 1.82) is 5.26 Å². The Bertz CT molecular complexity index is 472. The molecular formula is C15H17NO2. The van der Waals surface area contributed by atoms with Gasteiger partial charge in [0.2, 0.25) is 0 Å². The van der Waals surface area contributed by atoms with E-state index >= 15 is 0 Å². The molecule has 3 rings (SSSR count). The zero-order valence-corrected chi connectivity index (χ0v) is 10.4. The van der Waals surface area contributed by atoms with Crippen LogP contribution in [-0.4, -0.2) is 23.9 Å². The van der Waals surface area contributed by atoms with Crippen LogP contribution >= 0.6 is 0 Å². The molecule has 0 amide bonds. The molecule has 1 atom stereocenters. The smallest absolute Gasteiger partial charge is 0.107 e. The molecule has 1 aromatic rings. The number of fused-ring (bicyclic) bond motifs is 1. The van der Waals surface area contributed by atoms with Gasteiger partial charge in [0.25, 0.3) is 0 Å². The van der Waals surface area contributed by atoms with Crippen molar-refractivity contribution in [2.45, 2.75) is 31.3 Å². The molecule has 94 valence electrons. The molecule has 0 bridgehead atoms. The molecule has 18 heavy (non-hydrogen) atoms. The number of ether oxygens (including phenoxy) is 1. The molecule has 0 radical (unpaired) electrons. The topological polar surface area (TPSA) is 53.2 Å². The highest BCUT2D eigenvalue weighted by Crippen LogP contribution is 2.47. The van der Waals surface area contributed by atoms with Gasteiger partial charge in [-0.3, -0.25) is 0 Å². The van der Waals surface area contributed by atoms with E-state index in [1.165, 1.54) is 11.1 Å². The number of benzene rings is 1. The second-order valence-electron chi connectivity index (χ2n) is 5.50. The van der Waals surface area contributed by atoms with Gasteiger partial charge in [0.1, 0.15) is 5.60 Å². The fourth-order valence-electron chi connectivity index (χ4n) is 3.28. The van der Waals surface area contributed by atoms with Gasteiger partial charge in [-0.05, 0) is 36.8 Å². The molecule has 1 fully saturated rings. The van der Waals surface area contributed by atoms with Gasteiger partial charge in [0, 0.05) is 6.61 Å². The zero-order chi connectivity index (χ0) is 12.6. The van der Waals surface area contributed by atoms with Crippen LogP contribution in [0.4, 0.5) is 0 Å². The van der Waals surface area contributed by atoms with E-state index in [1.54, 1.807) is 0 Å². The lowest BCUT2D eigenvalue weighted by molar-refractivity contribution is -0.140. The van der Waals surface area contributed by atoms with Gasteiger partial charge in [-0.1, -0.05) is 24.3 Å². The Hall–Kier alpha value is -1.37. The first-order chi connectivity index (χ1) is 8.69. The summed E-state index contributed by atoms with van der Waals surface area (Å²) in [6.07, 6.45) is 2.77. The summed E-state index contributed by atoms with van der Waals surface area (Å²) in [6, 6.07) is 10.5. The van der Waals surface area contributed by atoms with Crippen LogP contribution in [0.1, 0.15) is 24.0 Å². The third-order valence-corrected chi connectivity index (χ3v) is 4.43. The number of hydrogen-bond acceptors (Lipinski definition) is 3. The second kappa shape index (κ2) is 4.08. The summed E-state index contributed by atoms with van der Waals surface area (Å²) in [5, 5.41) is 20.5. The Morgan fingerprint density at radius 3 is 2.39 bits per heavy atom. The minimum absolute atomic E-state index is 0.286. The summed E-state index contributed by atoms with van der Waals surface area (Å²) >= 11 is 0. The molecule has 1 aromatic carbocycles. The maximum atomic E-state index is 10.8. The quantitative estimate of drug-likeness (QED) is 0.818. The van der Waals surface area contributed by atoms with Crippen molar-refractivity contribution in [1.82, 2.24) is 0 Å². The number of nitrogens with zero attached hydrogens (tertiary/aromatic N) is 1. The highest BCUT2D eigenvalue weighted by molar-refractivity contribution is 5.39. The largest absolute Gasteiger partial charge is 0.386 e. The van der Waals surface area contributed by atoms with Crippen LogP contribution in [0, 0.1) is 16.7 Å². The lowest BCUT2D eigenvalue weighted by atomic mass is 9.68. The fourth-order valence-corrected chi connectivity index (χ4v) is 3.28. The molecule has 1 N–H and O–H groups in total. The number of hydrogen-bond donors (Lipinski definition) is 1. The average molecular weight is 243 g/mol. The number of nitriles is 1. The van der Waals surface area contributed by atoms with Crippen molar-refractivity contribution >= 4 is 0 Å². The fraction of sp³-hybridized carbons (Fsp3) is 0.533. The molecule has 1 heterocycles. The van der Waals surface area contributed by atoms with Crippen molar-refractivity contribution in [3.63, 3.8) is 0 Å². The standard InChI is InChI=1S/C15H17NO2/c16-10-14(15(17)6-3-7-18-11-15)8-12-4-1-2-5-13(12)9-14/h1-2,4-5,17H,3,6-9,11H2. The maximum absolute atomic E-state index is 10.8. The van der Waals surface area contributed by atoms with Gasteiger partial charge in [0.15, 0.2) is 0 Å². The molecule has 1 aliphatic heterocycles. The average Bonchev–Trinajstić information content (AvgIpc) is 2.80. The van der Waals surface area contributed by atoms with Gasteiger partial charge in [-0.25, -0.2) is 0 Å². The molecule has 0 spiro atoms. The Morgan fingerprint density at radius 2 is 1.89 bits per heavy atom. The lowest BCUT2D eigenvalue weighted by Crippen LogP contribution is -2.53. The number of aliphatic hydroxyl groups is 1. The van der Waals surface area contributed by atoms with E-state index in [0.29, 0.717) is 25.9 Å². The van der Waals surface area contributed by atoms with Crippen LogP contribution in [-0.2, 0) is 17.6 Å². The summed E-state index contributed by atoms with van der Waals surface area (Å²) in [6.45, 7) is 0.977. The highest BCUT2D eigenvalue weighted by Gasteiger charge is 2.54. The summed E-state index contributed by atoms with van der Waals surface area (Å²) in [5.41, 5.74) is 0.673. The van der Waals surface area contributed by atoms with E-state index in [0.717, 1.165) is 6.42 Å². The molecular weight excluding hydrogens is 226 g/mol. The van der Waals surface area contributed by atoms with Crippen LogP contribution < -0.4 is 0 Å². The first-order valence-corrected chi connectivity index (χ1v) is 6.47. The molecule has 0 saturated carbocycles. The predicted molar refractivity (Wildman–Crippen MR) is 66.9 cm³/mol. The summed E-state index contributed by atoms with van der Waals surface area (Å²) in [5.74, 6) is 0. The molecule has 1 saturated heterocycles. The normalized spacial score (nSPS) is 29.6. The van der Waals surface area contributed by atoms with Crippen LogP contribution in [0.3, 0.4) is 0 Å². The Morgan fingerprint density at radius 1 is 1.22 bits per heavy atom. The van der Waals surface area contributed by atoms with Gasteiger partial charge >= 0.3 is 0 Å². The molecule has 2 aliphatic rings. The minimum atomic E-state index is -1.00. The number of rotatable bonds is 1. The highest BCUT2D eigenvalue weighted by atomic mass is 16.5. The lowest BCUT2D eigenvalue weighted by Gasteiger charge is -2.42. The summed E-state index contributed by atoms with van der Waals surface area (Å²) in [4.78, 5) is 0. The first kappa shape index (κ1) is 11.7. The molecule has 3 nitrogen and oxygen atoms in total. The Balaban J connectivity index is 1.97. The maximum Gasteiger partial charge on any atom is 0.107 e.